The molecule has 0 saturated heterocycles. The monoisotopic (exact) mass is 199 g/mol. The van der Waals surface area contributed by atoms with E-state index in [1.165, 1.54) is 7.11 Å². The average molecular weight is 199 g/mol. The Kier molecular flexibility index (Phi) is 3.49. The first-order valence-electron chi connectivity index (χ1n) is 4.94. The van der Waals surface area contributed by atoms with Crippen molar-refractivity contribution in [3.63, 3.8) is 0 Å². The van der Waals surface area contributed by atoms with Crippen LogP contribution in [0.15, 0.2) is 0 Å². The smallest absolute Gasteiger partial charge is 0.328 e. The van der Waals surface area contributed by atoms with Crippen molar-refractivity contribution in [2.24, 2.45) is 11.8 Å². The van der Waals surface area contributed by atoms with Gasteiger partial charge in [0.25, 0.3) is 0 Å². The van der Waals surface area contributed by atoms with Gasteiger partial charge in [-0.3, -0.25) is 4.79 Å². The topological polar surface area (TPSA) is 55.4 Å². The number of carbonyl (C=O) groups is 2. The first-order chi connectivity index (χ1) is 6.56. The Morgan fingerprint density at radius 3 is 2.29 bits per heavy atom. The molecule has 1 aliphatic carbocycles. The average Bonchev–Trinajstić information content (AvgIpc) is 2.95. The lowest BCUT2D eigenvalue weighted by atomic mass is 10.0. The predicted octanol–water partition coefficient (Wildman–Crippen LogP) is 0.710. The molecule has 0 aliphatic heterocycles. The van der Waals surface area contributed by atoms with Crippen LogP contribution in [0.25, 0.3) is 0 Å². The fraction of sp³-hybridized carbons (Fsp3) is 0.800. The molecule has 0 aromatic carbocycles. The van der Waals surface area contributed by atoms with Gasteiger partial charge in [0, 0.05) is 5.92 Å². The van der Waals surface area contributed by atoms with Gasteiger partial charge in [-0.05, 0) is 18.8 Å². The second-order valence-corrected chi connectivity index (χ2v) is 4.03. The maximum atomic E-state index is 11.4. The Balaban J connectivity index is 2.49. The van der Waals surface area contributed by atoms with E-state index in [9.17, 15) is 9.59 Å². The van der Waals surface area contributed by atoms with E-state index in [0.29, 0.717) is 0 Å². The van der Waals surface area contributed by atoms with Crippen LogP contribution in [0.3, 0.4) is 0 Å². The van der Waals surface area contributed by atoms with Crippen LogP contribution in [0.1, 0.15) is 26.7 Å². The zero-order valence-corrected chi connectivity index (χ0v) is 8.87. The van der Waals surface area contributed by atoms with E-state index >= 15 is 0 Å². The van der Waals surface area contributed by atoms with Crippen molar-refractivity contribution >= 4 is 11.9 Å². The summed E-state index contributed by atoms with van der Waals surface area (Å²) in [5.41, 5.74) is 0. The number of ether oxygens (including phenoxy) is 1. The first kappa shape index (κ1) is 11.0. The normalized spacial score (nSPS) is 17.7. The first-order valence-corrected chi connectivity index (χ1v) is 4.94. The van der Waals surface area contributed by atoms with Crippen molar-refractivity contribution in [2.45, 2.75) is 32.7 Å². The van der Waals surface area contributed by atoms with Gasteiger partial charge in [0.05, 0.1) is 7.11 Å². The molecule has 4 heteroatoms. The molecule has 0 spiro atoms. The van der Waals surface area contributed by atoms with Gasteiger partial charge in [-0.2, -0.15) is 0 Å². The predicted molar refractivity (Wildman–Crippen MR) is 51.5 cm³/mol. The highest BCUT2D eigenvalue weighted by Crippen LogP contribution is 2.29. The summed E-state index contributed by atoms with van der Waals surface area (Å²) < 4.78 is 4.62. The zero-order chi connectivity index (χ0) is 10.7. The molecule has 1 aliphatic rings. The molecule has 1 rings (SSSR count). The van der Waals surface area contributed by atoms with Crippen molar-refractivity contribution in [3.05, 3.63) is 0 Å². The van der Waals surface area contributed by atoms with Crippen molar-refractivity contribution in [1.82, 2.24) is 5.32 Å². The maximum Gasteiger partial charge on any atom is 0.328 e. The SMILES string of the molecule is COC(=O)[C@@H](NC(=O)C1CC1)C(C)C. The Morgan fingerprint density at radius 2 is 1.93 bits per heavy atom. The van der Waals surface area contributed by atoms with E-state index in [1.54, 1.807) is 0 Å². The van der Waals surface area contributed by atoms with Crippen molar-refractivity contribution in [3.8, 4) is 0 Å². The second kappa shape index (κ2) is 4.44. The molecule has 1 saturated carbocycles. The van der Waals surface area contributed by atoms with Crippen LogP contribution in [-0.2, 0) is 14.3 Å². The molecular formula is C10H17NO3. The fourth-order valence-electron chi connectivity index (χ4n) is 1.24. The van der Waals surface area contributed by atoms with Crippen molar-refractivity contribution in [2.75, 3.05) is 7.11 Å². The number of esters is 1. The molecule has 0 heterocycles. The van der Waals surface area contributed by atoms with Gasteiger partial charge in [-0.1, -0.05) is 13.8 Å². The summed E-state index contributed by atoms with van der Waals surface area (Å²) in [6.07, 6.45) is 1.88. The summed E-state index contributed by atoms with van der Waals surface area (Å²) >= 11 is 0. The molecule has 0 aromatic heterocycles. The molecule has 1 atom stereocenters. The van der Waals surface area contributed by atoms with Crippen LogP contribution in [0.2, 0.25) is 0 Å². The standard InChI is InChI=1S/C10H17NO3/c1-6(2)8(10(13)14-3)11-9(12)7-4-5-7/h6-8H,4-5H2,1-3H3,(H,11,12)/t8-/m0/s1. The van der Waals surface area contributed by atoms with Crippen LogP contribution < -0.4 is 5.32 Å². The summed E-state index contributed by atoms with van der Waals surface area (Å²) in [4.78, 5) is 22.7. The molecule has 4 nitrogen and oxygen atoms in total. The summed E-state index contributed by atoms with van der Waals surface area (Å²) in [6, 6.07) is -0.506. The van der Waals surface area contributed by atoms with Crippen LogP contribution in [0, 0.1) is 11.8 Å². The van der Waals surface area contributed by atoms with Gasteiger partial charge in [0.15, 0.2) is 0 Å². The third kappa shape index (κ3) is 2.72. The van der Waals surface area contributed by atoms with E-state index in [1.807, 2.05) is 13.8 Å². The molecular weight excluding hydrogens is 182 g/mol. The largest absolute Gasteiger partial charge is 0.467 e. The van der Waals surface area contributed by atoms with E-state index < -0.39 is 6.04 Å². The minimum Gasteiger partial charge on any atom is -0.467 e. The molecule has 1 fully saturated rings. The van der Waals surface area contributed by atoms with E-state index in [0.717, 1.165) is 12.8 Å². The summed E-state index contributed by atoms with van der Waals surface area (Å²) in [5.74, 6) is -0.200. The minimum atomic E-state index is -0.506. The number of amides is 1. The lowest BCUT2D eigenvalue weighted by Crippen LogP contribution is -2.45. The third-order valence-electron chi connectivity index (χ3n) is 2.37. The summed E-state index contributed by atoms with van der Waals surface area (Å²) in [7, 11) is 1.33. The Labute approximate surface area is 84.0 Å². The van der Waals surface area contributed by atoms with Gasteiger partial charge >= 0.3 is 5.97 Å². The number of hydrogen-bond donors (Lipinski definition) is 1. The molecule has 1 N–H and O–H groups in total. The lowest BCUT2D eigenvalue weighted by Gasteiger charge is -2.19. The third-order valence-corrected chi connectivity index (χ3v) is 2.37. The molecule has 0 aromatic rings. The Hall–Kier alpha value is -1.06. The Morgan fingerprint density at radius 1 is 1.36 bits per heavy atom. The maximum absolute atomic E-state index is 11.4. The molecule has 0 radical (unpaired) electrons. The Bertz CT molecular complexity index is 234. The molecule has 80 valence electrons. The molecule has 0 unspecified atom stereocenters. The minimum absolute atomic E-state index is 0.0194. The zero-order valence-electron chi connectivity index (χ0n) is 8.87. The summed E-state index contributed by atoms with van der Waals surface area (Å²) in [5, 5.41) is 2.72. The van der Waals surface area contributed by atoms with E-state index in [-0.39, 0.29) is 23.7 Å². The number of methoxy groups -OCH3 is 1. The van der Waals surface area contributed by atoms with Crippen molar-refractivity contribution < 1.29 is 14.3 Å². The van der Waals surface area contributed by atoms with Crippen LogP contribution in [-0.4, -0.2) is 25.0 Å². The highest BCUT2D eigenvalue weighted by atomic mass is 16.5. The number of rotatable bonds is 4. The van der Waals surface area contributed by atoms with Gasteiger partial charge < -0.3 is 10.1 Å². The lowest BCUT2D eigenvalue weighted by molar-refractivity contribution is -0.146. The van der Waals surface area contributed by atoms with Crippen LogP contribution >= 0.6 is 0 Å². The van der Waals surface area contributed by atoms with E-state index in [4.69, 9.17) is 0 Å². The number of nitrogens with one attached hydrogen (secondary N) is 1. The van der Waals surface area contributed by atoms with Crippen LogP contribution in [0.4, 0.5) is 0 Å². The summed E-state index contributed by atoms with van der Waals surface area (Å²) in [6.45, 7) is 3.77. The van der Waals surface area contributed by atoms with E-state index in [2.05, 4.69) is 10.1 Å². The quantitative estimate of drug-likeness (QED) is 0.678. The molecule has 1 amide bonds. The highest BCUT2D eigenvalue weighted by molar-refractivity contribution is 5.87. The number of carbonyl (C=O) groups excluding carboxylic acids is 2. The molecule has 0 bridgehead atoms. The van der Waals surface area contributed by atoms with Gasteiger partial charge in [-0.15, -0.1) is 0 Å². The molecule has 14 heavy (non-hydrogen) atoms. The van der Waals surface area contributed by atoms with Gasteiger partial charge in [-0.25, -0.2) is 4.79 Å². The fourth-order valence-corrected chi connectivity index (χ4v) is 1.24. The number of hydrogen-bond acceptors (Lipinski definition) is 3. The van der Waals surface area contributed by atoms with Gasteiger partial charge in [0.2, 0.25) is 5.91 Å². The van der Waals surface area contributed by atoms with Gasteiger partial charge in [0.1, 0.15) is 6.04 Å². The van der Waals surface area contributed by atoms with Crippen LogP contribution in [0.5, 0.6) is 0 Å². The second-order valence-electron chi connectivity index (χ2n) is 4.03. The highest BCUT2D eigenvalue weighted by Gasteiger charge is 2.33. The van der Waals surface area contributed by atoms with Crippen molar-refractivity contribution in [1.29, 1.82) is 0 Å².